The van der Waals surface area contributed by atoms with E-state index in [0.29, 0.717) is 6.67 Å². The van der Waals surface area contributed by atoms with E-state index in [0.717, 1.165) is 29.2 Å². The average molecular weight is 338 g/mol. The Kier molecular flexibility index (Phi) is 5.23. The van der Waals surface area contributed by atoms with E-state index in [-0.39, 0.29) is 0 Å². The van der Waals surface area contributed by atoms with Gasteiger partial charge in [-0.1, -0.05) is 60.7 Å². The Morgan fingerprint density at radius 1 is 1.00 bits per heavy atom. The van der Waals surface area contributed by atoms with Crippen molar-refractivity contribution < 1.29 is 0 Å². The molecule has 4 nitrogen and oxygen atoms in total. The molecule has 0 aliphatic carbocycles. The minimum absolute atomic E-state index is 0.667. The molecule has 0 N–H and O–H groups in total. The van der Waals surface area contributed by atoms with Crippen LogP contribution in [0.3, 0.4) is 0 Å². The number of hydrogen-bond acceptors (Lipinski definition) is 3. The lowest BCUT2D eigenvalue weighted by molar-refractivity contribution is 0.244. The molecule has 0 aliphatic heterocycles. The van der Waals surface area contributed by atoms with Crippen molar-refractivity contribution >= 4 is 12.2 Å². The predicted molar refractivity (Wildman–Crippen MR) is 100 cm³/mol. The third-order valence-corrected chi connectivity index (χ3v) is 4.37. The van der Waals surface area contributed by atoms with Gasteiger partial charge >= 0.3 is 0 Å². The number of hydrogen-bond donors (Lipinski definition) is 0. The molecule has 3 aromatic rings. The van der Waals surface area contributed by atoms with Crippen LogP contribution in [0.5, 0.6) is 0 Å². The van der Waals surface area contributed by atoms with Crippen LogP contribution in [-0.4, -0.2) is 26.3 Å². The highest BCUT2D eigenvalue weighted by Crippen LogP contribution is 2.18. The van der Waals surface area contributed by atoms with Gasteiger partial charge < -0.3 is 4.57 Å². The zero-order chi connectivity index (χ0) is 16.9. The van der Waals surface area contributed by atoms with Crippen molar-refractivity contribution in [2.45, 2.75) is 26.7 Å². The molecule has 24 heavy (non-hydrogen) atoms. The molecule has 0 spiro atoms. The van der Waals surface area contributed by atoms with E-state index in [1.165, 1.54) is 5.56 Å². The fourth-order valence-corrected chi connectivity index (χ4v) is 3.11. The molecule has 0 fully saturated rings. The summed E-state index contributed by atoms with van der Waals surface area (Å²) < 4.78 is 4.75. The first-order chi connectivity index (χ1) is 11.7. The van der Waals surface area contributed by atoms with Gasteiger partial charge in [-0.15, -0.1) is 0 Å². The summed E-state index contributed by atoms with van der Waals surface area (Å²) in [5, 5.41) is 4.77. The van der Waals surface area contributed by atoms with Crippen LogP contribution in [0.25, 0.3) is 11.4 Å². The summed E-state index contributed by atoms with van der Waals surface area (Å²) in [4.78, 5) is 2.22. The van der Waals surface area contributed by atoms with Crippen molar-refractivity contribution in [3.63, 3.8) is 0 Å². The van der Waals surface area contributed by atoms with Crippen LogP contribution in [0.15, 0.2) is 60.7 Å². The lowest BCUT2D eigenvalue weighted by Crippen LogP contribution is -2.22. The van der Waals surface area contributed by atoms with Gasteiger partial charge in [0.2, 0.25) is 0 Å². The summed E-state index contributed by atoms with van der Waals surface area (Å²) in [7, 11) is 2.09. The van der Waals surface area contributed by atoms with Crippen LogP contribution in [0.2, 0.25) is 0 Å². The molecule has 5 heteroatoms. The van der Waals surface area contributed by atoms with E-state index in [1.54, 1.807) is 0 Å². The van der Waals surface area contributed by atoms with Gasteiger partial charge in [0, 0.05) is 18.7 Å². The highest BCUT2D eigenvalue weighted by molar-refractivity contribution is 7.71. The smallest absolute Gasteiger partial charge is 0.199 e. The van der Waals surface area contributed by atoms with Crippen LogP contribution < -0.4 is 0 Å². The van der Waals surface area contributed by atoms with E-state index in [1.807, 2.05) is 28.9 Å². The van der Waals surface area contributed by atoms with Crippen molar-refractivity contribution in [1.82, 2.24) is 19.2 Å². The Labute approximate surface area is 148 Å². The topological polar surface area (TPSA) is 26.0 Å². The summed E-state index contributed by atoms with van der Waals surface area (Å²) in [6, 6.07) is 20.6. The summed E-state index contributed by atoms with van der Waals surface area (Å²) in [6.07, 6.45) is 0. The minimum atomic E-state index is 0.667. The molecule has 0 aliphatic rings. The first-order valence-corrected chi connectivity index (χ1v) is 8.55. The molecule has 0 radical (unpaired) electrons. The second-order valence-electron chi connectivity index (χ2n) is 5.86. The van der Waals surface area contributed by atoms with Crippen LogP contribution >= 0.6 is 12.2 Å². The third-order valence-electron chi connectivity index (χ3n) is 3.94. The normalized spacial score (nSPS) is 11.1. The molecular weight excluding hydrogens is 316 g/mol. The third kappa shape index (κ3) is 3.63. The molecule has 1 aromatic heterocycles. The van der Waals surface area contributed by atoms with Gasteiger partial charge in [0.15, 0.2) is 10.6 Å². The molecular formula is C19H22N4S. The van der Waals surface area contributed by atoms with Crippen LogP contribution in [0.4, 0.5) is 0 Å². The molecule has 0 saturated heterocycles. The summed E-state index contributed by atoms with van der Waals surface area (Å²) >= 11 is 5.63. The quantitative estimate of drug-likeness (QED) is 0.630. The monoisotopic (exact) mass is 338 g/mol. The van der Waals surface area contributed by atoms with Crippen LogP contribution in [0.1, 0.15) is 12.5 Å². The maximum absolute atomic E-state index is 5.63. The van der Waals surface area contributed by atoms with Crippen molar-refractivity contribution in [2.75, 3.05) is 7.05 Å². The molecule has 0 bridgehead atoms. The number of nitrogens with zero attached hydrogens (tertiary/aromatic N) is 4. The molecule has 124 valence electrons. The van der Waals surface area contributed by atoms with Gasteiger partial charge in [0.25, 0.3) is 0 Å². The van der Waals surface area contributed by atoms with Crippen molar-refractivity contribution in [2.24, 2.45) is 0 Å². The molecule has 0 saturated carbocycles. The summed E-state index contributed by atoms with van der Waals surface area (Å²) in [5.74, 6) is 0.927. The number of aromatic nitrogens is 3. The Hall–Kier alpha value is -2.24. The molecule has 0 amide bonds. The van der Waals surface area contributed by atoms with Gasteiger partial charge in [-0.3, -0.25) is 4.90 Å². The van der Waals surface area contributed by atoms with Gasteiger partial charge in [0.05, 0.1) is 6.67 Å². The zero-order valence-corrected chi connectivity index (χ0v) is 14.9. The van der Waals surface area contributed by atoms with Crippen molar-refractivity contribution in [3.8, 4) is 11.4 Å². The maximum Gasteiger partial charge on any atom is 0.199 e. The van der Waals surface area contributed by atoms with E-state index < -0.39 is 0 Å². The predicted octanol–water partition coefficient (Wildman–Crippen LogP) is 4.19. The first kappa shape index (κ1) is 16.6. The molecule has 0 atom stereocenters. The van der Waals surface area contributed by atoms with E-state index >= 15 is 0 Å². The Bertz CT molecular complexity index is 837. The van der Waals surface area contributed by atoms with Gasteiger partial charge in [-0.2, -0.15) is 5.10 Å². The number of benzene rings is 2. The van der Waals surface area contributed by atoms with Crippen molar-refractivity contribution in [3.05, 3.63) is 71.0 Å². The van der Waals surface area contributed by atoms with Gasteiger partial charge in [-0.25, -0.2) is 4.68 Å². The average Bonchev–Trinajstić information content (AvgIpc) is 2.92. The number of rotatable bonds is 6. The first-order valence-electron chi connectivity index (χ1n) is 8.14. The summed E-state index contributed by atoms with van der Waals surface area (Å²) in [6.45, 7) is 4.44. The summed E-state index contributed by atoms with van der Waals surface area (Å²) in [5.41, 5.74) is 2.37. The standard InChI is InChI=1S/C19H22N4S/c1-3-22-18(17-12-8-5-9-13-17)20-23(19(22)24)15-21(2)14-16-10-6-4-7-11-16/h4-13H,3,14-15H2,1-2H3. The van der Waals surface area contributed by atoms with Crippen LogP contribution in [-0.2, 0) is 19.8 Å². The molecule has 1 heterocycles. The Morgan fingerprint density at radius 3 is 2.25 bits per heavy atom. The fourth-order valence-electron chi connectivity index (χ4n) is 2.79. The van der Waals surface area contributed by atoms with E-state index in [9.17, 15) is 0 Å². The maximum atomic E-state index is 5.63. The zero-order valence-electron chi connectivity index (χ0n) is 14.1. The lowest BCUT2D eigenvalue weighted by atomic mass is 10.2. The highest BCUT2D eigenvalue weighted by Gasteiger charge is 2.12. The highest BCUT2D eigenvalue weighted by atomic mass is 32.1. The van der Waals surface area contributed by atoms with E-state index in [2.05, 4.69) is 59.8 Å². The minimum Gasteiger partial charge on any atom is -0.300 e. The van der Waals surface area contributed by atoms with Gasteiger partial charge in [0.1, 0.15) is 0 Å². The van der Waals surface area contributed by atoms with E-state index in [4.69, 9.17) is 17.3 Å². The molecule has 3 rings (SSSR count). The second-order valence-corrected chi connectivity index (χ2v) is 6.22. The molecule has 2 aromatic carbocycles. The fraction of sp³-hybridized carbons (Fsp3) is 0.263. The molecule has 0 unspecified atom stereocenters. The Balaban J connectivity index is 1.84. The van der Waals surface area contributed by atoms with Gasteiger partial charge in [-0.05, 0) is 31.8 Å². The largest absolute Gasteiger partial charge is 0.300 e. The van der Waals surface area contributed by atoms with Crippen LogP contribution in [0, 0.1) is 4.77 Å². The SMILES string of the molecule is CCn1c(-c2ccccc2)nn(CN(C)Cc2ccccc2)c1=S. The second kappa shape index (κ2) is 7.55. The Morgan fingerprint density at radius 2 is 1.62 bits per heavy atom. The van der Waals surface area contributed by atoms with Crippen molar-refractivity contribution in [1.29, 1.82) is 0 Å². The lowest BCUT2D eigenvalue weighted by Gasteiger charge is -2.16.